The Morgan fingerprint density at radius 2 is 2.27 bits per heavy atom. The van der Waals surface area contributed by atoms with Crippen molar-refractivity contribution in [3.05, 3.63) is 24.4 Å². The molecule has 0 saturated carbocycles. The second-order valence-corrected chi connectivity index (χ2v) is 3.63. The van der Waals surface area contributed by atoms with E-state index in [-0.39, 0.29) is 0 Å². The first-order valence-electron chi connectivity index (χ1n) is 5.53. The van der Waals surface area contributed by atoms with Gasteiger partial charge in [-0.15, -0.1) is 0 Å². The lowest BCUT2D eigenvalue weighted by Crippen LogP contribution is -1.98. The van der Waals surface area contributed by atoms with E-state index in [1.807, 2.05) is 25.1 Å². The number of nitrogens with one attached hydrogen (secondary N) is 1. The minimum absolute atomic E-state index is 0.798. The van der Waals surface area contributed by atoms with Crippen LogP contribution in [0.2, 0.25) is 0 Å². The van der Waals surface area contributed by atoms with Gasteiger partial charge in [0, 0.05) is 11.9 Å². The molecule has 1 aromatic heterocycles. The number of anilines is 1. The van der Waals surface area contributed by atoms with Crippen LogP contribution in [0.1, 0.15) is 39.5 Å². The molecule has 0 aliphatic rings. The van der Waals surface area contributed by atoms with Crippen LogP contribution in [0.15, 0.2) is 29.5 Å². The van der Waals surface area contributed by atoms with Gasteiger partial charge >= 0.3 is 0 Å². The van der Waals surface area contributed by atoms with Crippen molar-refractivity contribution in [2.24, 2.45) is 5.10 Å². The van der Waals surface area contributed by atoms with Gasteiger partial charge in [0.25, 0.3) is 0 Å². The van der Waals surface area contributed by atoms with Gasteiger partial charge in [0.2, 0.25) is 0 Å². The lowest BCUT2D eigenvalue weighted by molar-refractivity contribution is 0.740. The predicted octanol–water partition coefficient (Wildman–Crippen LogP) is 3.45. The first-order valence-corrected chi connectivity index (χ1v) is 5.53. The smallest absolute Gasteiger partial charge is 0.146 e. The molecule has 0 atom stereocenters. The normalized spacial score (nSPS) is 11.5. The molecule has 0 saturated heterocycles. The van der Waals surface area contributed by atoms with Crippen molar-refractivity contribution in [2.75, 3.05) is 5.43 Å². The fourth-order valence-corrected chi connectivity index (χ4v) is 1.27. The molecular formula is C12H19N3. The van der Waals surface area contributed by atoms with Crippen LogP contribution < -0.4 is 5.43 Å². The van der Waals surface area contributed by atoms with Gasteiger partial charge in [0.1, 0.15) is 5.82 Å². The van der Waals surface area contributed by atoms with Crippen molar-refractivity contribution >= 4 is 11.5 Å². The highest BCUT2D eigenvalue weighted by molar-refractivity contribution is 5.82. The van der Waals surface area contributed by atoms with Crippen molar-refractivity contribution in [1.29, 1.82) is 0 Å². The molecule has 0 unspecified atom stereocenters. The van der Waals surface area contributed by atoms with Gasteiger partial charge in [-0.1, -0.05) is 25.8 Å². The molecular weight excluding hydrogens is 186 g/mol. The molecule has 0 bridgehead atoms. The van der Waals surface area contributed by atoms with Crippen LogP contribution in [0.3, 0.4) is 0 Å². The molecule has 82 valence electrons. The summed E-state index contributed by atoms with van der Waals surface area (Å²) in [6, 6.07) is 5.74. The van der Waals surface area contributed by atoms with Crippen molar-refractivity contribution in [1.82, 2.24) is 4.98 Å². The minimum Gasteiger partial charge on any atom is -0.261 e. The van der Waals surface area contributed by atoms with Crippen LogP contribution >= 0.6 is 0 Å². The van der Waals surface area contributed by atoms with Gasteiger partial charge < -0.3 is 0 Å². The zero-order valence-electron chi connectivity index (χ0n) is 9.53. The van der Waals surface area contributed by atoms with E-state index in [1.165, 1.54) is 19.3 Å². The van der Waals surface area contributed by atoms with Gasteiger partial charge in [-0.25, -0.2) is 4.98 Å². The average molecular weight is 205 g/mol. The Kier molecular flexibility index (Phi) is 5.44. The number of pyridine rings is 1. The molecule has 0 radical (unpaired) electrons. The van der Waals surface area contributed by atoms with Gasteiger partial charge in [0.15, 0.2) is 0 Å². The SMILES string of the molecule is CCCCC/C(C)=N/Nc1ccccn1. The summed E-state index contributed by atoms with van der Waals surface area (Å²) in [6.45, 7) is 4.25. The van der Waals surface area contributed by atoms with Gasteiger partial charge in [-0.3, -0.25) is 5.43 Å². The van der Waals surface area contributed by atoms with Crippen molar-refractivity contribution < 1.29 is 0 Å². The summed E-state index contributed by atoms with van der Waals surface area (Å²) in [4.78, 5) is 4.13. The van der Waals surface area contributed by atoms with Crippen molar-refractivity contribution in [2.45, 2.75) is 39.5 Å². The van der Waals surface area contributed by atoms with E-state index in [9.17, 15) is 0 Å². The van der Waals surface area contributed by atoms with Crippen molar-refractivity contribution in [3.8, 4) is 0 Å². The Balaban J connectivity index is 2.31. The molecule has 3 nitrogen and oxygen atoms in total. The highest BCUT2D eigenvalue weighted by Gasteiger charge is 1.92. The summed E-state index contributed by atoms with van der Waals surface area (Å²) in [5.74, 6) is 0.798. The van der Waals surface area contributed by atoms with E-state index in [2.05, 4.69) is 22.4 Å². The predicted molar refractivity (Wildman–Crippen MR) is 65.1 cm³/mol. The summed E-state index contributed by atoms with van der Waals surface area (Å²) in [6.07, 6.45) is 6.56. The van der Waals surface area contributed by atoms with E-state index in [0.29, 0.717) is 0 Å². The van der Waals surface area contributed by atoms with E-state index in [0.717, 1.165) is 18.0 Å². The Labute approximate surface area is 91.6 Å². The monoisotopic (exact) mass is 205 g/mol. The van der Waals surface area contributed by atoms with Crippen LogP contribution in [-0.4, -0.2) is 10.7 Å². The summed E-state index contributed by atoms with van der Waals surface area (Å²) in [5.41, 5.74) is 4.08. The number of hydrogen-bond donors (Lipinski definition) is 1. The zero-order valence-corrected chi connectivity index (χ0v) is 9.53. The first-order chi connectivity index (χ1) is 7.33. The highest BCUT2D eigenvalue weighted by atomic mass is 15.3. The maximum absolute atomic E-state index is 4.27. The van der Waals surface area contributed by atoms with E-state index >= 15 is 0 Å². The number of aromatic nitrogens is 1. The molecule has 0 aliphatic carbocycles. The fraction of sp³-hybridized carbons (Fsp3) is 0.500. The quantitative estimate of drug-likeness (QED) is 0.439. The Hall–Kier alpha value is -1.38. The fourth-order valence-electron chi connectivity index (χ4n) is 1.27. The van der Waals surface area contributed by atoms with E-state index < -0.39 is 0 Å². The number of hydrazone groups is 1. The number of nitrogens with zero attached hydrogens (tertiary/aromatic N) is 2. The number of rotatable bonds is 6. The minimum atomic E-state index is 0.798. The second kappa shape index (κ2) is 6.98. The molecule has 0 fully saturated rings. The third-order valence-corrected chi connectivity index (χ3v) is 2.17. The summed E-state index contributed by atoms with van der Waals surface area (Å²) >= 11 is 0. The Morgan fingerprint density at radius 3 is 2.93 bits per heavy atom. The third-order valence-electron chi connectivity index (χ3n) is 2.17. The van der Waals surface area contributed by atoms with Crippen LogP contribution in [-0.2, 0) is 0 Å². The molecule has 0 spiro atoms. The van der Waals surface area contributed by atoms with Gasteiger partial charge in [-0.2, -0.15) is 5.10 Å². The highest BCUT2D eigenvalue weighted by Crippen LogP contribution is 2.03. The van der Waals surface area contributed by atoms with E-state index in [4.69, 9.17) is 0 Å². The molecule has 3 heteroatoms. The molecule has 1 N–H and O–H groups in total. The number of unbranched alkanes of at least 4 members (excludes halogenated alkanes) is 2. The van der Waals surface area contributed by atoms with Crippen LogP contribution in [0.25, 0.3) is 0 Å². The summed E-state index contributed by atoms with van der Waals surface area (Å²) in [5, 5.41) is 4.27. The zero-order chi connectivity index (χ0) is 10.9. The third kappa shape index (κ3) is 5.15. The molecule has 1 heterocycles. The summed E-state index contributed by atoms with van der Waals surface area (Å²) in [7, 11) is 0. The Morgan fingerprint density at radius 1 is 1.40 bits per heavy atom. The van der Waals surface area contributed by atoms with Gasteiger partial charge in [-0.05, 0) is 31.9 Å². The maximum Gasteiger partial charge on any atom is 0.146 e. The largest absolute Gasteiger partial charge is 0.261 e. The molecule has 0 amide bonds. The molecule has 0 aliphatic heterocycles. The molecule has 1 rings (SSSR count). The molecule has 1 aromatic rings. The Bertz CT molecular complexity index is 293. The topological polar surface area (TPSA) is 37.3 Å². The first kappa shape index (κ1) is 11.7. The second-order valence-electron chi connectivity index (χ2n) is 3.63. The standard InChI is InChI=1S/C12H19N3/c1-3-4-5-8-11(2)14-15-12-9-6-7-10-13-12/h6-7,9-10H,3-5,8H2,1-2H3,(H,13,15)/b14-11+. The molecule has 15 heavy (non-hydrogen) atoms. The maximum atomic E-state index is 4.27. The average Bonchev–Trinajstić information content (AvgIpc) is 2.28. The van der Waals surface area contributed by atoms with Gasteiger partial charge in [0.05, 0.1) is 0 Å². The van der Waals surface area contributed by atoms with Crippen LogP contribution in [0, 0.1) is 0 Å². The lowest BCUT2D eigenvalue weighted by atomic mass is 10.1. The summed E-state index contributed by atoms with van der Waals surface area (Å²) < 4.78 is 0. The van der Waals surface area contributed by atoms with E-state index in [1.54, 1.807) is 6.20 Å². The molecule has 0 aromatic carbocycles. The van der Waals surface area contributed by atoms with Crippen LogP contribution in [0.5, 0.6) is 0 Å². The number of hydrogen-bond acceptors (Lipinski definition) is 3. The van der Waals surface area contributed by atoms with Crippen LogP contribution in [0.4, 0.5) is 5.82 Å². The lowest BCUT2D eigenvalue weighted by Gasteiger charge is -2.01. The van der Waals surface area contributed by atoms with Crippen molar-refractivity contribution in [3.63, 3.8) is 0 Å².